The van der Waals surface area contributed by atoms with Gasteiger partial charge in [-0.05, 0) is 13.0 Å². The van der Waals surface area contributed by atoms with E-state index in [4.69, 9.17) is 4.74 Å². The molecule has 0 aliphatic heterocycles. The Balaban J connectivity index is 2.60. The highest BCUT2D eigenvalue weighted by Gasteiger charge is 2.19. The van der Waals surface area contributed by atoms with E-state index in [2.05, 4.69) is 45.2 Å². The summed E-state index contributed by atoms with van der Waals surface area (Å²) in [5.41, 5.74) is 1.26. The molecule has 0 fully saturated rings. The maximum atomic E-state index is 6.00. The monoisotopic (exact) mass is 261 g/mol. The van der Waals surface area contributed by atoms with E-state index in [-0.39, 0.29) is 5.41 Å². The van der Waals surface area contributed by atoms with E-state index >= 15 is 0 Å². The minimum Gasteiger partial charge on any atom is -0.492 e. The Labute approximate surface area is 117 Å². The van der Waals surface area contributed by atoms with E-state index in [0.29, 0.717) is 12.6 Å². The lowest BCUT2D eigenvalue weighted by Gasteiger charge is -2.26. The Kier molecular flexibility index (Phi) is 6.10. The molecule has 0 aromatic heterocycles. The van der Waals surface area contributed by atoms with Gasteiger partial charge >= 0.3 is 0 Å². The van der Waals surface area contributed by atoms with Gasteiger partial charge in [0.15, 0.2) is 0 Å². The fraction of sp³-hybridized carbons (Fsp3) is 0.529. The van der Waals surface area contributed by atoms with Crippen LogP contribution in [0.15, 0.2) is 30.3 Å². The number of nitrogens with one attached hydrogen (secondary N) is 1. The zero-order valence-corrected chi connectivity index (χ0v) is 12.9. The molecule has 0 spiro atoms. The normalized spacial score (nSPS) is 12.3. The molecular formula is C17H27NO. The molecule has 0 saturated heterocycles. The number of hydrogen-bond donors (Lipinski definition) is 1. The number of hydrogen-bond acceptors (Lipinski definition) is 2. The summed E-state index contributed by atoms with van der Waals surface area (Å²) >= 11 is 0. The van der Waals surface area contributed by atoms with Crippen molar-refractivity contribution in [3.8, 4) is 5.75 Å². The first kappa shape index (κ1) is 15.8. The largest absolute Gasteiger partial charge is 0.492 e. The minimum atomic E-state index is 0.118. The molecule has 0 unspecified atom stereocenters. The molecular weight excluding hydrogens is 234 g/mol. The first-order valence-electron chi connectivity index (χ1n) is 7.02. The van der Waals surface area contributed by atoms with Gasteiger partial charge in [-0.1, -0.05) is 58.0 Å². The van der Waals surface area contributed by atoms with Crippen LogP contribution in [0.4, 0.5) is 0 Å². The Morgan fingerprint density at radius 1 is 1.26 bits per heavy atom. The van der Waals surface area contributed by atoms with Crippen LogP contribution in [0.2, 0.25) is 0 Å². The third kappa shape index (κ3) is 5.93. The Hall–Kier alpha value is -1.28. The summed E-state index contributed by atoms with van der Waals surface area (Å²) in [6.45, 7) is 12.5. The Morgan fingerprint density at radius 3 is 2.58 bits per heavy atom. The second kappa shape index (κ2) is 7.34. The number of ether oxygens (including phenoxy) is 1. The predicted molar refractivity (Wildman–Crippen MR) is 83.6 cm³/mol. The maximum absolute atomic E-state index is 6.00. The van der Waals surface area contributed by atoms with Gasteiger partial charge in [-0.2, -0.15) is 0 Å². The topological polar surface area (TPSA) is 21.3 Å². The highest BCUT2D eigenvalue weighted by atomic mass is 16.5. The van der Waals surface area contributed by atoms with Crippen molar-refractivity contribution in [3.05, 3.63) is 35.9 Å². The third-order valence-corrected chi connectivity index (χ3v) is 2.87. The number of para-hydroxylation sites is 1. The standard InChI is InChI=1S/C17H27NO/c1-6-9-15-10-7-8-11-16(15)19-13-17(4,5)12-18-14(2)3/h6-11,14,18H,12-13H2,1-5H3. The summed E-state index contributed by atoms with van der Waals surface area (Å²) < 4.78 is 6.00. The highest BCUT2D eigenvalue weighted by molar-refractivity contribution is 5.56. The molecule has 0 aliphatic rings. The fourth-order valence-electron chi connectivity index (χ4n) is 1.73. The average molecular weight is 261 g/mol. The van der Waals surface area contributed by atoms with Gasteiger partial charge in [0, 0.05) is 23.6 Å². The summed E-state index contributed by atoms with van der Waals surface area (Å²) in [7, 11) is 0. The molecule has 2 heteroatoms. The van der Waals surface area contributed by atoms with E-state index in [9.17, 15) is 0 Å². The molecule has 0 aliphatic carbocycles. The molecule has 0 saturated carbocycles. The zero-order valence-electron chi connectivity index (χ0n) is 12.9. The van der Waals surface area contributed by atoms with Crippen LogP contribution in [-0.2, 0) is 0 Å². The maximum Gasteiger partial charge on any atom is 0.126 e. The van der Waals surface area contributed by atoms with Crippen LogP contribution in [0.3, 0.4) is 0 Å². The quantitative estimate of drug-likeness (QED) is 0.797. The van der Waals surface area contributed by atoms with Crippen molar-refractivity contribution in [2.75, 3.05) is 13.2 Å². The summed E-state index contributed by atoms with van der Waals surface area (Å²) in [6.07, 6.45) is 4.11. The summed E-state index contributed by atoms with van der Waals surface area (Å²) in [5.74, 6) is 0.957. The van der Waals surface area contributed by atoms with Crippen LogP contribution >= 0.6 is 0 Å². The van der Waals surface area contributed by atoms with Gasteiger partial charge in [-0.3, -0.25) is 0 Å². The van der Waals surface area contributed by atoms with E-state index < -0.39 is 0 Å². The SMILES string of the molecule is CC=Cc1ccccc1OCC(C)(C)CNC(C)C. The predicted octanol–water partition coefficient (Wildman–Crippen LogP) is 4.12. The lowest BCUT2D eigenvalue weighted by atomic mass is 9.94. The lowest BCUT2D eigenvalue weighted by Crippen LogP contribution is -2.37. The zero-order chi connectivity index (χ0) is 14.3. The van der Waals surface area contributed by atoms with Gasteiger partial charge in [0.05, 0.1) is 6.61 Å². The first-order chi connectivity index (χ1) is 8.94. The van der Waals surface area contributed by atoms with E-state index in [1.165, 1.54) is 0 Å². The molecule has 0 amide bonds. The summed E-state index contributed by atoms with van der Waals surface area (Å²) in [5, 5.41) is 3.47. The van der Waals surface area contributed by atoms with E-state index in [1.54, 1.807) is 0 Å². The molecule has 1 N–H and O–H groups in total. The second-order valence-corrected chi connectivity index (χ2v) is 6.03. The molecule has 0 atom stereocenters. The van der Waals surface area contributed by atoms with Gasteiger partial charge in [0.25, 0.3) is 0 Å². The molecule has 1 rings (SSSR count). The number of benzene rings is 1. The fourth-order valence-corrected chi connectivity index (χ4v) is 1.73. The second-order valence-electron chi connectivity index (χ2n) is 6.03. The minimum absolute atomic E-state index is 0.118. The van der Waals surface area contributed by atoms with Gasteiger partial charge in [0.2, 0.25) is 0 Å². The lowest BCUT2D eigenvalue weighted by molar-refractivity contribution is 0.173. The van der Waals surface area contributed by atoms with Gasteiger partial charge in [0.1, 0.15) is 5.75 Å². The molecule has 1 aromatic rings. The van der Waals surface area contributed by atoms with Crippen molar-refractivity contribution in [2.24, 2.45) is 5.41 Å². The molecule has 1 aromatic carbocycles. The smallest absolute Gasteiger partial charge is 0.126 e. The van der Waals surface area contributed by atoms with Gasteiger partial charge in [-0.25, -0.2) is 0 Å². The van der Waals surface area contributed by atoms with Gasteiger partial charge in [-0.15, -0.1) is 0 Å². The van der Waals surface area contributed by atoms with Gasteiger partial charge < -0.3 is 10.1 Å². The van der Waals surface area contributed by atoms with Crippen molar-refractivity contribution < 1.29 is 4.74 Å². The molecule has 2 nitrogen and oxygen atoms in total. The average Bonchev–Trinajstić information content (AvgIpc) is 2.36. The van der Waals surface area contributed by atoms with Crippen LogP contribution < -0.4 is 10.1 Å². The molecule has 0 heterocycles. The van der Waals surface area contributed by atoms with Crippen molar-refractivity contribution >= 4 is 6.08 Å². The molecule has 0 bridgehead atoms. The number of rotatable bonds is 7. The van der Waals surface area contributed by atoms with E-state index in [0.717, 1.165) is 17.9 Å². The third-order valence-electron chi connectivity index (χ3n) is 2.87. The number of allylic oxidation sites excluding steroid dienone is 1. The van der Waals surface area contributed by atoms with Crippen molar-refractivity contribution in [3.63, 3.8) is 0 Å². The van der Waals surface area contributed by atoms with Crippen molar-refractivity contribution in [1.82, 2.24) is 5.32 Å². The summed E-state index contributed by atoms with van der Waals surface area (Å²) in [6, 6.07) is 8.67. The van der Waals surface area contributed by atoms with Crippen LogP contribution in [-0.4, -0.2) is 19.2 Å². The molecule has 0 radical (unpaired) electrons. The van der Waals surface area contributed by atoms with Crippen LogP contribution in [0.25, 0.3) is 6.08 Å². The Bertz CT molecular complexity index is 407. The molecule has 106 valence electrons. The summed E-state index contributed by atoms with van der Waals surface area (Å²) in [4.78, 5) is 0. The Morgan fingerprint density at radius 2 is 1.95 bits per heavy atom. The van der Waals surface area contributed by atoms with Crippen molar-refractivity contribution in [1.29, 1.82) is 0 Å². The highest BCUT2D eigenvalue weighted by Crippen LogP contribution is 2.23. The first-order valence-corrected chi connectivity index (χ1v) is 7.02. The van der Waals surface area contributed by atoms with E-state index in [1.807, 2.05) is 31.2 Å². The molecule has 19 heavy (non-hydrogen) atoms. The van der Waals surface area contributed by atoms with Crippen LogP contribution in [0, 0.1) is 5.41 Å². The van der Waals surface area contributed by atoms with Crippen molar-refractivity contribution in [2.45, 2.75) is 40.7 Å². The van der Waals surface area contributed by atoms with Crippen LogP contribution in [0.5, 0.6) is 5.75 Å². The van der Waals surface area contributed by atoms with Crippen LogP contribution in [0.1, 0.15) is 40.2 Å².